The molecule has 0 aliphatic rings. The van der Waals surface area contributed by atoms with Crippen molar-refractivity contribution < 1.29 is 28.3 Å². The lowest BCUT2D eigenvalue weighted by Crippen LogP contribution is -2.53. The number of nitrogens with two attached hydrogens (primary N) is 1. The molecule has 1 atom stereocenters. The minimum Gasteiger partial charge on any atom is -0.396 e. The van der Waals surface area contributed by atoms with Crippen LogP contribution in [-0.2, 0) is 10.1 Å². The lowest BCUT2D eigenvalue weighted by atomic mass is 9.90. The summed E-state index contributed by atoms with van der Waals surface area (Å²) in [4.78, 5) is 0. The van der Waals surface area contributed by atoms with Gasteiger partial charge in [-0.15, -0.1) is 0 Å². The first kappa shape index (κ1) is 14.8. The predicted octanol–water partition coefficient (Wildman–Crippen LogP) is -2.45. The van der Waals surface area contributed by atoms with Gasteiger partial charge in [0.2, 0.25) is 0 Å². The Balaban J connectivity index is 5.24. The molecule has 0 amide bonds. The van der Waals surface area contributed by atoms with Crippen LogP contribution in [0.1, 0.15) is 6.42 Å². The van der Waals surface area contributed by atoms with Gasteiger partial charge in [0.15, 0.2) is 0 Å². The average Bonchev–Trinajstić information content (AvgIpc) is 2.16. The van der Waals surface area contributed by atoms with Gasteiger partial charge in [0.1, 0.15) is 4.75 Å². The summed E-state index contributed by atoms with van der Waals surface area (Å²) < 4.78 is 29.0. The van der Waals surface area contributed by atoms with Gasteiger partial charge in [0, 0.05) is 12.5 Å². The monoisotopic (exact) mass is 243 g/mol. The molecule has 6 N–H and O–H groups in total. The standard InChI is InChI=1S/C7H17NO6S/c8-2-1-6(3-9)7(4-10,5-11)15(12,13)14/h6,9-11H,1-5,8H2,(H,12,13,14). The molecule has 0 saturated carbocycles. The Bertz CT molecular complexity index is 273. The van der Waals surface area contributed by atoms with Crippen molar-refractivity contribution in [3.8, 4) is 0 Å². The number of aliphatic hydroxyl groups excluding tert-OH is 3. The van der Waals surface area contributed by atoms with E-state index in [1.54, 1.807) is 0 Å². The number of rotatable bonds is 7. The maximum Gasteiger partial charge on any atom is 0.275 e. The van der Waals surface area contributed by atoms with Gasteiger partial charge in [-0.25, -0.2) is 0 Å². The zero-order valence-electron chi connectivity index (χ0n) is 8.20. The van der Waals surface area contributed by atoms with E-state index in [4.69, 9.17) is 25.6 Å². The third-order valence-electron chi connectivity index (χ3n) is 2.53. The van der Waals surface area contributed by atoms with Crippen molar-refractivity contribution >= 4 is 10.1 Å². The second kappa shape index (κ2) is 5.73. The first-order chi connectivity index (χ1) is 6.89. The Hall–Kier alpha value is -0.250. The van der Waals surface area contributed by atoms with Gasteiger partial charge >= 0.3 is 0 Å². The largest absolute Gasteiger partial charge is 0.396 e. The molecule has 1 unspecified atom stereocenters. The van der Waals surface area contributed by atoms with Crippen LogP contribution < -0.4 is 5.73 Å². The fraction of sp³-hybridized carbons (Fsp3) is 1.00. The van der Waals surface area contributed by atoms with E-state index < -0.39 is 40.6 Å². The van der Waals surface area contributed by atoms with Gasteiger partial charge in [0.25, 0.3) is 10.1 Å². The average molecular weight is 243 g/mol. The summed E-state index contributed by atoms with van der Waals surface area (Å²) >= 11 is 0. The molecule has 0 aromatic rings. The highest BCUT2D eigenvalue weighted by Crippen LogP contribution is 2.27. The molecule has 0 bridgehead atoms. The van der Waals surface area contributed by atoms with Crippen LogP contribution in [0, 0.1) is 5.92 Å². The molecule has 7 nitrogen and oxygen atoms in total. The SMILES string of the molecule is NCCC(CO)C(CO)(CO)S(=O)(=O)O. The molecular formula is C7H17NO6S. The number of aliphatic hydroxyl groups is 3. The fourth-order valence-electron chi connectivity index (χ4n) is 1.40. The summed E-state index contributed by atoms with van der Waals surface area (Å²) in [6, 6.07) is 0. The lowest BCUT2D eigenvalue weighted by molar-refractivity contribution is 0.0823. The molecule has 0 radical (unpaired) electrons. The van der Waals surface area contributed by atoms with Crippen molar-refractivity contribution in [3.63, 3.8) is 0 Å². The van der Waals surface area contributed by atoms with Crippen molar-refractivity contribution in [2.75, 3.05) is 26.4 Å². The first-order valence-corrected chi connectivity index (χ1v) is 5.83. The first-order valence-electron chi connectivity index (χ1n) is 4.39. The van der Waals surface area contributed by atoms with Gasteiger partial charge in [0.05, 0.1) is 13.2 Å². The molecule has 8 heteroatoms. The van der Waals surface area contributed by atoms with Gasteiger partial charge in [-0.1, -0.05) is 0 Å². The third-order valence-corrected chi connectivity index (χ3v) is 4.15. The zero-order chi connectivity index (χ0) is 12.1. The van der Waals surface area contributed by atoms with E-state index in [0.29, 0.717) is 0 Å². The Morgan fingerprint density at radius 2 is 1.67 bits per heavy atom. The smallest absolute Gasteiger partial charge is 0.275 e. The lowest BCUT2D eigenvalue weighted by Gasteiger charge is -2.33. The van der Waals surface area contributed by atoms with E-state index in [-0.39, 0.29) is 13.0 Å². The molecule has 0 fully saturated rings. The molecule has 0 saturated heterocycles. The Kier molecular flexibility index (Phi) is 5.63. The number of hydrogen-bond acceptors (Lipinski definition) is 6. The highest BCUT2D eigenvalue weighted by Gasteiger charge is 2.48. The molecule has 0 aromatic heterocycles. The van der Waals surface area contributed by atoms with Crippen molar-refractivity contribution in [1.82, 2.24) is 0 Å². The molecule has 0 heterocycles. The van der Waals surface area contributed by atoms with Crippen LogP contribution in [0.5, 0.6) is 0 Å². The van der Waals surface area contributed by atoms with Crippen LogP contribution in [-0.4, -0.2) is 59.4 Å². The summed E-state index contributed by atoms with van der Waals surface area (Å²) in [5.41, 5.74) is 5.20. The van der Waals surface area contributed by atoms with Crippen LogP contribution in [0.3, 0.4) is 0 Å². The molecule has 0 rings (SSSR count). The molecule has 15 heavy (non-hydrogen) atoms. The minimum absolute atomic E-state index is 0.0669. The highest BCUT2D eigenvalue weighted by molar-refractivity contribution is 7.87. The number of hydrogen-bond donors (Lipinski definition) is 5. The second-order valence-electron chi connectivity index (χ2n) is 3.31. The van der Waals surface area contributed by atoms with Crippen LogP contribution in [0.4, 0.5) is 0 Å². The van der Waals surface area contributed by atoms with Gasteiger partial charge in [-0.2, -0.15) is 8.42 Å². The van der Waals surface area contributed by atoms with E-state index in [9.17, 15) is 8.42 Å². The predicted molar refractivity (Wildman–Crippen MR) is 52.7 cm³/mol. The van der Waals surface area contributed by atoms with Crippen molar-refractivity contribution in [3.05, 3.63) is 0 Å². The Labute approximate surface area is 88.3 Å². The van der Waals surface area contributed by atoms with Crippen molar-refractivity contribution in [1.29, 1.82) is 0 Å². The third kappa shape index (κ3) is 2.86. The molecule has 0 aliphatic carbocycles. The van der Waals surface area contributed by atoms with Gasteiger partial charge < -0.3 is 21.1 Å². The zero-order valence-corrected chi connectivity index (χ0v) is 9.02. The Morgan fingerprint density at radius 3 is 1.87 bits per heavy atom. The topological polar surface area (TPSA) is 141 Å². The summed E-state index contributed by atoms with van der Waals surface area (Å²) in [5, 5.41) is 26.9. The van der Waals surface area contributed by atoms with Gasteiger partial charge in [-0.3, -0.25) is 4.55 Å². The molecular weight excluding hydrogens is 226 g/mol. The Morgan fingerprint density at radius 1 is 1.20 bits per heavy atom. The van der Waals surface area contributed by atoms with Gasteiger partial charge in [-0.05, 0) is 13.0 Å². The van der Waals surface area contributed by atoms with Crippen LogP contribution in [0.15, 0.2) is 0 Å². The highest BCUT2D eigenvalue weighted by atomic mass is 32.2. The summed E-state index contributed by atoms with van der Waals surface area (Å²) in [6.45, 7) is -2.48. The summed E-state index contributed by atoms with van der Waals surface area (Å²) in [7, 11) is -4.68. The second-order valence-corrected chi connectivity index (χ2v) is 5.08. The van der Waals surface area contributed by atoms with E-state index in [1.807, 2.05) is 0 Å². The maximum atomic E-state index is 11.1. The van der Waals surface area contributed by atoms with Crippen molar-refractivity contribution in [2.24, 2.45) is 11.7 Å². The normalized spacial score (nSPS) is 15.3. The van der Waals surface area contributed by atoms with Crippen LogP contribution >= 0.6 is 0 Å². The van der Waals surface area contributed by atoms with Crippen molar-refractivity contribution in [2.45, 2.75) is 11.2 Å². The molecule has 0 aromatic carbocycles. The molecule has 92 valence electrons. The fourth-order valence-corrected chi connectivity index (χ4v) is 2.34. The van der Waals surface area contributed by atoms with Crippen LogP contribution in [0.2, 0.25) is 0 Å². The summed E-state index contributed by atoms with van der Waals surface area (Å²) in [6.07, 6.45) is 0.0669. The van der Waals surface area contributed by atoms with E-state index >= 15 is 0 Å². The quantitative estimate of drug-likeness (QED) is 0.313. The van der Waals surface area contributed by atoms with E-state index in [2.05, 4.69) is 0 Å². The summed E-state index contributed by atoms with van der Waals surface area (Å²) in [5.74, 6) is -1.01. The minimum atomic E-state index is -4.68. The van der Waals surface area contributed by atoms with Crippen LogP contribution in [0.25, 0.3) is 0 Å². The molecule has 0 aliphatic heterocycles. The van der Waals surface area contributed by atoms with E-state index in [0.717, 1.165) is 0 Å². The maximum absolute atomic E-state index is 11.1. The molecule has 0 spiro atoms. The van der Waals surface area contributed by atoms with E-state index in [1.165, 1.54) is 0 Å².